The number of hydrogen-bond donors (Lipinski definition) is 1. The van der Waals surface area contributed by atoms with Crippen LogP contribution in [-0.4, -0.2) is 17.1 Å². The fraction of sp³-hybridized carbons (Fsp3) is 0.417. The van der Waals surface area contributed by atoms with Crippen LogP contribution in [0.25, 0.3) is 11.0 Å². The third-order valence-corrected chi connectivity index (χ3v) is 2.64. The zero-order valence-electron chi connectivity index (χ0n) is 9.59. The van der Waals surface area contributed by atoms with Gasteiger partial charge in [-0.3, -0.25) is 0 Å². The van der Waals surface area contributed by atoms with Crippen LogP contribution in [0, 0.1) is 6.92 Å². The number of hydrogen-bond acceptors (Lipinski definition) is 2. The van der Waals surface area contributed by atoms with Crippen molar-refractivity contribution in [2.45, 2.75) is 26.7 Å². The second-order valence-electron chi connectivity index (χ2n) is 4.11. The number of nitrogens with one attached hydrogen (secondary N) is 1. The Morgan fingerprint density at radius 1 is 1.40 bits per heavy atom. The van der Waals surface area contributed by atoms with E-state index in [1.54, 1.807) is 7.11 Å². The van der Waals surface area contributed by atoms with Crippen molar-refractivity contribution in [1.82, 2.24) is 9.97 Å². The summed E-state index contributed by atoms with van der Waals surface area (Å²) in [5.41, 5.74) is 4.40. The van der Waals surface area contributed by atoms with Gasteiger partial charge in [0.1, 0.15) is 0 Å². The summed E-state index contributed by atoms with van der Waals surface area (Å²) in [7, 11) is 1.66. The summed E-state index contributed by atoms with van der Waals surface area (Å²) >= 11 is 0. The van der Waals surface area contributed by atoms with E-state index in [2.05, 4.69) is 29.9 Å². The molecule has 2 heterocycles. The maximum absolute atomic E-state index is 5.23. The monoisotopic (exact) mass is 204 g/mol. The van der Waals surface area contributed by atoms with Gasteiger partial charge in [-0.25, -0.2) is 4.98 Å². The Kier molecular flexibility index (Phi) is 2.39. The second kappa shape index (κ2) is 3.57. The predicted octanol–water partition coefficient (Wildman–Crippen LogP) is 3.00. The first-order valence-electron chi connectivity index (χ1n) is 5.16. The molecule has 0 aliphatic rings. The van der Waals surface area contributed by atoms with Crippen LogP contribution in [0.15, 0.2) is 12.3 Å². The Balaban J connectivity index is 2.69. The first kappa shape index (κ1) is 10.0. The Bertz CT molecular complexity index is 486. The molecule has 0 aliphatic heterocycles. The van der Waals surface area contributed by atoms with Crippen LogP contribution >= 0.6 is 0 Å². The van der Waals surface area contributed by atoms with Gasteiger partial charge in [-0.05, 0) is 24.5 Å². The van der Waals surface area contributed by atoms with Crippen molar-refractivity contribution in [2.75, 3.05) is 7.11 Å². The summed E-state index contributed by atoms with van der Waals surface area (Å²) in [6, 6.07) is 2.08. The summed E-state index contributed by atoms with van der Waals surface area (Å²) in [4.78, 5) is 7.76. The minimum absolute atomic E-state index is 0.471. The van der Waals surface area contributed by atoms with Crippen molar-refractivity contribution in [2.24, 2.45) is 0 Å². The molecule has 2 rings (SSSR count). The lowest BCUT2D eigenvalue weighted by molar-refractivity contribution is 0.396. The van der Waals surface area contributed by atoms with Gasteiger partial charge in [-0.1, -0.05) is 13.8 Å². The standard InChI is InChI=1S/C12H16N2O/c1-7(2)9-6-13-10-5-8(3)12(15-4)14-11(9)10/h5-7,13H,1-4H3. The summed E-state index contributed by atoms with van der Waals surface area (Å²) < 4.78 is 5.23. The smallest absolute Gasteiger partial charge is 0.216 e. The van der Waals surface area contributed by atoms with Gasteiger partial charge >= 0.3 is 0 Å². The van der Waals surface area contributed by atoms with Gasteiger partial charge in [0.05, 0.1) is 18.1 Å². The Morgan fingerprint density at radius 2 is 2.13 bits per heavy atom. The predicted molar refractivity (Wildman–Crippen MR) is 61.5 cm³/mol. The van der Waals surface area contributed by atoms with Crippen LogP contribution in [0.1, 0.15) is 30.9 Å². The molecule has 3 nitrogen and oxygen atoms in total. The van der Waals surface area contributed by atoms with E-state index in [0.29, 0.717) is 11.8 Å². The van der Waals surface area contributed by atoms with Crippen LogP contribution in [0.4, 0.5) is 0 Å². The lowest BCUT2D eigenvalue weighted by atomic mass is 10.1. The summed E-state index contributed by atoms with van der Waals surface area (Å²) in [6.45, 7) is 6.33. The molecule has 80 valence electrons. The van der Waals surface area contributed by atoms with E-state index in [9.17, 15) is 0 Å². The van der Waals surface area contributed by atoms with Gasteiger partial charge in [-0.15, -0.1) is 0 Å². The van der Waals surface area contributed by atoms with Gasteiger partial charge in [-0.2, -0.15) is 0 Å². The summed E-state index contributed by atoms with van der Waals surface area (Å²) in [5, 5.41) is 0. The molecular weight excluding hydrogens is 188 g/mol. The molecule has 1 N–H and O–H groups in total. The molecule has 0 aromatic carbocycles. The van der Waals surface area contributed by atoms with Crippen molar-refractivity contribution in [3.63, 3.8) is 0 Å². The van der Waals surface area contributed by atoms with E-state index >= 15 is 0 Å². The van der Waals surface area contributed by atoms with Crippen molar-refractivity contribution < 1.29 is 4.74 Å². The molecule has 0 fully saturated rings. The van der Waals surface area contributed by atoms with Crippen LogP contribution in [0.3, 0.4) is 0 Å². The van der Waals surface area contributed by atoms with Gasteiger partial charge in [0.2, 0.25) is 5.88 Å². The van der Waals surface area contributed by atoms with Gasteiger partial charge < -0.3 is 9.72 Å². The minimum atomic E-state index is 0.471. The molecule has 0 unspecified atom stereocenters. The van der Waals surface area contributed by atoms with Crippen molar-refractivity contribution >= 4 is 11.0 Å². The molecule has 0 saturated heterocycles. The Labute approximate surface area is 89.5 Å². The molecule has 0 bridgehead atoms. The van der Waals surface area contributed by atoms with Gasteiger partial charge in [0.15, 0.2) is 0 Å². The maximum Gasteiger partial charge on any atom is 0.216 e. The van der Waals surface area contributed by atoms with Crippen LogP contribution in [-0.2, 0) is 0 Å². The lowest BCUT2D eigenvalue weighted by Crippen LogP contribution is -1.93. The third-order valence-electron chi connectivity index (χ3n) is 2.64. The molecule has 2 aromatic heterocycles. The largest absolute Gasteiger partial charge is 0.481 e. The molecule has 0 saturated carbocycles. The average molecular weight is 204 g/mol. The van der Waals surface area contributed by atoms with E-state index in [1.807, 2.05) is 13.1 Å². The highest BCUT2D eigenvalue weighted by Crippen LogP contribution is 2.27. The van der Waals surface area contributed by atoms with E-state index in [1.165, 1.54) is 5.56 Å². The molecule has 0 amide bonds. The number of nitrogens with zero attached hydrogens (tertiary/aromatic N) is 1. The molecule has 2 aromatic rings. The van der Waals surface area contributed by atoms with Crippen molar-refractivity contribution in [3.05, 3.63) is 23.4 Å². The summed E-state index contributed by atoms with van der Waals surface area (Å²) in [5.74, 6) is 1.18. The number of H-pyrrole nitrogens is 1. The minimum Gasteiger partial charge on any atom is -0.481 e. The number of fused-ring (bicyclic) bond motifs is 1. The average Bonchev–Trinajstić information content (AvgIpc) is 2.59. The normalized spacial score (nSPS) is 11.3. The molecule has 0 radical (unpaired) electrons. The first-order chi connectivity index (χ1) is 7.13. The highest BCUT2D eigenvalue weighted by Gasteiger charge is 2.11. The van der Waals surface area contributed by atoms with Crippen molar-refractivity contribution in [1.29, 1.82) is 0 Å². The zero-order chi connectivity index (χ0) is 11.0. The molecule has 3 heteroatoms. The molecule has 0 aliphatic carbocycles. The topological polar surface area (TPSA) is 37.9 Å². The van der Waals surface area contributed by atoms with Crippen molar-refractivity contribution in [3.8, 4) is 5.88 Å². The Hall–Kier alpha value is -1.51. The number of aryl methyl sites for hydroxylation is 1. The lowest BCUT2D eigenvalue weighted by Gasteiger charge is -2.05. The van der Waals surface area contributed by atoms with E-state index in [0.717, 1.165) is 16.6 Å². The van der Waals surface area contributed by atoms with E-state index in [-0.39, 0.29) is 0 Å². The van der Waals surface area contributed by atoms with Crippen LogP contribution in [0.5, 0.6) is 5.88 Å². The fourth-order valence-corrected chi connectivity index (χ4v) is 1.80. The summed E-state index contributed by atoms with van der Waals surface area (Å²) in [6.07, 6.45) is 2.03. The number of pyridine rings is 1. The van der Waals surface area contributed by atoms with Gasteiger partial charge in [0.25, 0.3) is 0 Å². The van der Waals surface area contributed by atoms with Crippen LogP contribution < -0.4 is 4.74 Å². The Morgan fingerprint density at radius 3 is 2.73 bits per heavy atom. The quantitative estimate of drug-likeness (QED) is 0.816. The van der Waals surface area contributed by atoms with E-state index < -0.39 is 0 Å². The number of methoxy groups -OCH3 is 1. The second-order valence-corrected chi connectivity index (χ2v) is 4.11. The third kappa shape index (κ3) is 1.58. The number of ether oxygens (including phenoxy) is 1. The molecule has 15 heavy (non-hydrogen) atoms. The number of rotatable bonds is 2. The SMILES string of the molecule is COc1nc2c(C(C)C)c[nH]c2cc1C. The molecule has 0 spiro atoms. The number of aromatic nitrogens is 2. The van der Waals surface area contributed by atoms with Crippen LogP contribution in [0.2, 0.25) is 0 Å². The first-order valence-corrected chi connectivity index (χ1v) is 5.16. The van der Waals surface area contributed by atoms with E-state index in [4.69, 9.17) is 4.74 Å². The van der Waals surface area contributed by atoms with Gasteiger partial charge in [0, 0.05) is 11.8 Å². The number of aromatic amines is 1. The molecule has 0 atom stereocenters. The maximum atomic E-state index is 5.23. The zero-order valence-corrected chi connectivity index (χ0v) is 9.59. The highest BCUT2D eigenvalue weighted by atomic mass is 16.5. The highest BCUT2D eigenvalue weighted by molar-refractivity contribution is 5.80. The fourth-order valence-electron chi connectivity index (χ4n) is 1.80. The molecular formula is C12H16N2O.